The van der Waals surface area contributed by atoms with E-state index in [9.17, 15) is 4.79 Å². The maximum atomic E-state index is 13.0. The molecular weight excluding hydrogens is 382 g/mol. The molecule has 138 valence electrons. The normalized spacial score (nSPS) is 24.3. The number of thiazole rings is 1. The number of amides is 1. The minimum absolute atomic E-state index is 0.0515. The van der Waals surface area contributed by atoms with E-state index in [1.54, 1.807) is 6.07 Å². The Morgan fingerprint density at radius 2 is 2.04 bits per heavy atom. The highest BCUT2D eigenvalue weighted by atomic mass is 35.5. The molecule has 8 heteroatoms. The topological polar surface area (TPSA) is 71.0 Å². The summed E-state index contributed by atoms with van der Waals surface area (Å²) in [7, 11) is 0. The quantitative estimate of drug-likeness (QED) is 0.727. The van der Waals surface area contributed by atoms with Gasteiger partial charge < -0.3 is 10.2 Å². The highest BCUT2D eigenvalue weighted by molar-refractivity contribution is 7.20. The van der Waals surface area contributed by atoms with Crippen molar-refractivity contribution >= 4 is 44.9 Å². The number of hydrogen-bond acceptors (Lipinski definition) is 6. The SMILES string of the molecule is O=C(c1nc2ccccc2s1)N1C[C@@H]2CC[C@@H](Nc3ccc(Cl)nn3)[C@@H]2C1. The Kier molecular flexibility index (Phi) is 4.21. The molecule has 1 amide bonds. The van der Waals surface area contributed by atoms with Crippen molar-refractivity contribution < 1.29 is 4.79 Å². The summed E-state index contributed by atoms with van der Waals surface area (Å²) >= 11 is 7.28. The number of rotatable bonds is 3. The molecule has 6 nitrogen and oxygen atoms in total. The number of likely N-dealkylation sites (tertiary alicyclic amines) is 1. The molecule has 3 aromatic rings. The van der Waals surface area contributed by atoms with Crippen LogP contribution in [0, 0.1) is 11.8 Å². The molecule has 1 aromatic carbocycles. The first-order valence-electron chi connectivity index (χ1n) is 9.08. The molecule has 2 aliphatic rings. The van der Waals surface area contributed by atoms with Crippen molar-refractivity contribution in [3.8, 4) is 0 Å². The predicted octanol–water partition coefficient (Wildman–Crippen LogP) is 3.70. The first-order valence-corrected chi connectivity index (χ1v) is 10.3. The number of para-hydroxylation sites is 1. The molecule has 0 radical (unpaired) electrons. The van der Waals surface area contributed by atoms with Crippen LogP contribution >= 0.6 is 22.9 Å². The molecule has 3 atom stereocenters. The molecule has 3 heterocycles. The number of anilines is 1. The molecule has 2 aromatic heterocycles. The highest BCUT2D eigenvalue weighted by Gasteiger charge is 2.44. The van der Waals surface area contributed by atoms with Gasteiger partial charge >= 0.3 is 0 Å². The summed E-state index contributed by atoms with van der Waals surface area (Å²) in [6.45, 7) is 1.57. The summed E-state index contributed by atoms with van der Waals surface area (Å²) in [6, 6.07) is 11.8. The Bertz CT molecular complexity index is 958. The van der Waals surface area contributed by atoms with Gasteiger partial charge in [0.25, 0.3) is 5.91 Å². The molecule has 2 fully saturated rings. The van der Waals surface area contributed by atoms with Crippen LogP contribution in [-0.4, -0.2) is 45.1 Å². The van der Waals surface area contributed by atoms with Gasteiger partial charge in [-0.3, -0.25) is 4.79 Å². The Morgan fingerprint density at radius 3 is 2.85 bits per heavy atom. The maximum absolute atomic E-state index is 13.0. The second-order valence-electron chi connectivity index (χ2n) is 7.19. The number of halogens is 1. The van der Waals surface area contributed by atoms with Crippen molar-refractivity contribution in [1.82, 2.24) is 20.1 Å². The number of nitrogens with one attached hydrogen (secondary N) is 1. The molecule has 0 spiro atoms. The van der Waals surface area contributed by atoms with E-state index in [0.717, 1.165) is 42.0 Å². The lowest BCUT2D eigenvalue weighted by molar-refractivity contribution is 0.0780. The van der Waals surface area contributed by atoms with Crippen molar-refractivity contribution in [2.24, 2.45) is 11.8 Å². The number of carbonyl (C=O) groups is 1. The maximum Gasteiger partial charge on any atom is 0.282 e. The van der Waals surface area contributed by atoms with Crippen LogP contribution in [0.5, 0.6) is 0 Å². The van der Waals surface area contributed by atoms with Crippen LogP contribution in [0.3, 0.4) is 0 Å². The van der Waals surface area contributed by atoms with Gasteiger partial charge in [0.2, 0.25) is 0 Å². The third-order valence-electron chi connectivity index (χ3n) is 5.59. The summed E-state index contributed by atoms with van der Waals surface area (Å²) in [5.41, 5.74) is 0.895. The fourth-order valence-corrected chi connectivity index (χ4v) is 5.33. The van der Waals surface area contributed by atoms with Crippen LogP contribution in [0.15, 0.2) is 36.4 Å². The predicted molar refractivity (Wildman–Crippen MR) is 106 cm³/mol. The van der Waals surface area contributed by atoms with E-state index < -0.39 is 0 Å². The highest BCUT2D eigenvalue weighted by Crippen LogP contribution is 2.40. The van der Waals surface area contributed by atoms with Crippen molar-refractivity contribution in [2.45, 2.75) is 18.9 Å². The van der Waals surface area contributed by atoms with E-state index in [4.69, 9.17) is 11.6 Å². The first-order chi connectivity index (χ1) is 13.2. The molecule has 1 saturated heterocycles. The monoisotopic (exact) mass is 399 g/mol. The molecule has 27 heavy (non-hydrogen) atoms. The van der Waals surface area contributed by atoms with Crippen LogP contribution in [0.1, 0.15) is 22.6 Å². The van der Waals surface area contributed by atoms with Crippen LogP contribution in [0.4, 0.5) is 5.82 Å². The van der Waals surface area contributed by atoms with Gasteiger partial charge in [0.1, 0.15) is 5.82 Å². The summed E-state index contributed by atoms with van der Waals surface area (Å²) in [6.07, 6.45) is 2.20. The van der Waals surface area contributed by atoms with E-state index in [2.05, 4.69) is 20.5 Å². The number of carbonyl (C=O) groups excluding carboxylic acids is 1. The van der Waals surface area contributed by atoms with Gasteiger partial charge in [-0.15, -0.1) is 21.5 Å². The third kappa shape index (κ3) is 3.15. The largest absolute Gasteiger partial charge is 0.365 e. The third-order valence-corrected chi connectivity index (χ3v) is 6.81. The van der Waals surface area contributed by atoms with Gasteiger partial charge in [-0.05, 0) is 43.0 Å². The molecular formula is C19H18ClN5OS. The van der Waals surface area contributed by atoms with Gasteiger partial charge in [-0.25, -0.2) is 4.98 Å². The smallest absolute Gasteiger partial charge is 0.282 e. The summed E-state index contributed by atoms with van der Waals surface area (Å²) in [4.78, 5) is 19.5. The molecule has 1 aliphatic heterocycles. The number of fused-ring (bicyclic) bond motifs is 2. The van der Waals surface area contributed by atoms with Gasteiger partial charge in [0.05, 0.1) is 10.2 Å². The zero-order valence-electron chi connectivity index (χ0n) is 14.5. The lowest BCUT2D eigenvalue weighted by atomic mass is 9.98. The lowest BCUT2D eigenvalue weighted by Crippen LogP contribution is -2.33. The Hall–Kier alpha value is -2.25. The minimum Gasteiger partial charge on any atom is -0.365 e. The summed E-state index contributed by atoms with van der Waals surface area (Å²) in [5, 5.41) is 12.4. The van der Waals surface area contributed by atoms with Crippen molar-refractivity contribution in [3.05, 3.63) is 46.6 Å². The van der Waals surface area contributed by atoms with Gasteiger partial charge in [0.15, 0.2) is 10.2 Å². The van der Waals surface area contributed by atoms with Crippen LogP contribution in [-0.2, 0) is 0 Å². The fraction of sp³-hybridized carbons (Fsp3) is 0.368. The van der Waals surface area contributed by atoms with Gasteiger partial charge in [-0.1, -0.05) is 23.7 Å². The molecule has 0 bridgehead atoms. The molecule has 5 rings (SSSR count). The van der Waals surface area contributed by atoms with Crippen LogP contribution < -0.4 is 5.32 Å². The zero-order chi connectivity index (χ0) is 18.4. The fourth-order valence-electron chi connectivity index (χ4n) is 4.29. The van der Waals surface area contributed by atoms with Crippen molar-refractivity contribution in [1.29, 1.82) is 0 Å². The Labute approximate surface area is 165 Å². The minimum atomic E-state index is 0.0515. The second kappa shape index (κ2) is 6.73. The number of hydrogen-bond donors (Lipinski definition) is 1. The molecule has 1 saturated carbocycles. The van der Waals surface area contributed by atoms with E-state index in [0.29, 0.717) is 28.0 Å². The average molecular weight is 400 g/mol. The lowest BCUT2D eigenvalue weighted by Gasteiger charge is -2.21. The van der Waals surface area contributed by atoms with E-state index in [-0.39, 0.29) is 5.91 Å². The zero-order valence-corrected chi connectivity index (χ0v) is 16.1. The second-order valence-corrected chi connectivity index (χ2v) is 8.61. The van der Waals surface area contributed by atoms with Gasteiger partial charge in [0, 0.05) is 25.0 Å². The number of benzene rings is 1. The Morgan fingerprint density at radius 1 is 1.15 bits per heavy atom. The van der Waals surface area contributed by atoms with Crippen molar-refractivity contribution in [3.63, 3.8) is 0 Å². The summed E-state index contributed by atoms with van der Waals surface area (Å²) in [5.74, 6) is 1.75. The average Bonchev–Trinajstić information content (AvgIpc) is 3.38. The van der Waals surface area contributed by atoms with E-state index >= 15 is 0 Å². The first kappa shape index (κ1) is 16.9. The number of nitrogens with zero attached hydrogens (tertiary/aromatic N) is 4. The van der Waals surface area contributed by atoms with E-state index in [1.807, 2.05) is 35.2 Å². The van der Waals surface area contributed by atoms with Crippen LogP contribution in [0.2, 0.25) is 5.15 Å². The van der Waals surface area contributed by atoms with Crippen molar-refractivity contribution in [2.75, 3.05) is 18.4 Å². The molecule has 0 unspecified atom stereocenters. The standard InChI is InChI=1S/C19H18ClN5OS/c20-16-7-8-17(24-23-16)21-13-6-5-11-9-25(10-12(11)13)19(26)18-22-14-3-1-2-4-15(14)27-18/h1-4,7-8,11-13H,5-6,9-10H2,(H,21,24)/t11-,12+,13+/m0/s1. The van der Waals surface area contributed by atoms with E-state index in [1.165, 1.54) is 11.3 Å². The van der Waals surface area contributed by atoms with Gasteiger partial charge in [-0.2, -0.15) is 0 Å². The summed E-state index contributed by atoms with van der Waals surface area (Å²) < 4.78 is 1.06. The molecule has 1 N–H and O–H groups in total. The number of aromatic nitrogens is 3. The van der Waals surface area contributed by atoms with Crippen LogP contribution in [0.25, 0.3) is 10.2 Å². The molecule has 1 aliphatic carbocycles. The Balaban J connectivity index is 1.30.